The first-order valence-corrected chi connectivity index (χ1v) is 10.0. The van der Waals surface area contributed by atoms with E-state index >= 15 is 0 Å². The van der Waals surface area contributed by atoms with Gasteiger partial charge in [0, 0.05) is 0 Å². The summed E-state index contributed by atoms with van der Waals surface area (Å²) in [4.78, 5) is 28.2. The second-order valence-corrected chi connectivity index (χ2v) is 7.54. The number of H-pyrrole nitrogens is 1. The van der Waals surface area contributed by atoms with Gasteiger partial charge >= 0.3 is 11.4 Å². The van der Waals surface area contributed by atoms with Gasteiger partial charge in [-0.1, -0.05) is 53.6 Å². The van der Waals surface area contributed by atoms with Crippen LogP contribution in [0.5, 0.6) is 5.75 Å². The van der Waals surface area contributed by atoms with Crippen molar-refractivity contribution in [1.82, 2.24) is 9.72 Å². The highest BCUT2D eigenvalue weighted by Crippen LogP contribution is 2.31. The molecule has 0 saturated heterocycles. The lowest BCUT2D eigenvalue weighted by atomic mass is 9.94. The molecule has 0 unspecified atom stereocenters. The molecule has 0 saturated carbocycles. The highest BCUT2D eigenvalue weighted by Gasteiger charge is 2.09. The molecule has 0 spiro atoms. The first-order chi connectivity index (χ1) is 15.4. The summed E-state index contributed by atoms with van der Waals surface area (Å²) in [6, 6.07) is 19.2. The van der Waals surface area contributed by atoms with Crippen LogP contribution in [0.3, 0.4) is 0 Å². The van der Waals surface area contributed by atoms with E-state index in [1.54, 1.807) is 0 Å². The van der Waals surface area contributed by atoms with E-state index in [2.05, 4.69) is 22.0 Å². The smallest absolute Gasteiger partial charge is 0.440 e. The van der Waals surface area contributed by atoms with Crippen molar-refractivity contribution in [2.24, 2.45) is 0 Å². The molecule has 7 heteroatoms. The first kappa shape index (κ1) is 20.9. The monoisotopic (exact) mass is 427 g/mol. The van der Waals surface area contributed by atoms with E-state index in [1.807, 2.05) is 62.4 Å². The average molecular weight is 427 g/mol. The molecule has 3 aromatic carbocycles. The minimum absolute atomic E-state index is 0.158. The van der Waals surface area contributed by atoms with E-state index in [9.17, 15) is 9.59 Å². The third kappa shape index (κ3) is 4.55. The number of hydrogen-bond acceptors (Lipinski definition) is 4. The maximum atomic E-state index is 11.6. The van der Waals surface area contributed by atoms with Crippen LogP contribution in [0.25, 0.3) is 16.0 Å². The van der Waals surface area contributed by atoms with E-state index in [0.717, 1.165) is 38.1 Å². The summed E-state index contributed by atoms with van der Waals surface area (Å²) in [5, 5.41) is 0. The van der Waals surface area contributed by atoms with Crippen molar-refractivity contribution in [3.8, 4) is 16.9 Å². The second-order valence-electron chi connectivity index (χ2n) is 7.54. The molecule has 32 heavy (non-hydrogen) atoms. The molecule has 4 rings (SSSR count). The summed E-state index contributed by atoms with van der Waals surface area (Å²) in [6.07, 6.45) is 0. The van der Waals surface area contributed by atoms with Crippen molar-refractivity contribution in [3.63, 3.8) is 0 Å². The molecule has 0 fully saturated rings. The summed E-state index contributed by atoms with van der Waals surface area (Å²) in [7, 11) is 0. The van der Waals surface area contributed by atoms with Gasteiger partial charge in [0.25, 0.3) is 0 Å². The molecule has 160 valence electrons. The van der Waals surface area contributed by atoms with Crippen molar-refractivity contribution in [2.45, 2.75) is 27.0 Å². The zero-order chi connectivity index (χ0) is 22.7. The Kier molecular flexibility index (Phi) is 5.77. The molecule has 7 nitrogen and oxygen atoms in total. The lowest BCUT2D eigenvalue weighted by molar-refractivity contribution is 0.258. The maximum Gasteiger partial charge on any atom is 0.440 e. The van der Waals surface area contributed by atoms with Crippen LogP contribution < -0.4 is 16.2 Å². The Labute approximate surface area is 184 Å². The lowest BCUT2D eigenvalue weighted by Crippen LogP contribution is -2.17. The van der Waals surface area contributed by atoms with Crippen molar-refractivity contribution in [3.05, 3.63) is 115 Å². The Bertz CT molecular complexity index is 1400. The van der Waals surface area contributed by atoms with Crippen LogP contribution in [-0.4, -0.2) is 9.72 Å². The molecular formula is C25H21N3O4. The Morgan fingerprint density at radius 1 is 1.00 bits per heavy atom. The highest BCUT2D eigenvalue weighted by atomic mass is 16.5. The van der Waals surface area contributed by atoms with Crippen LogP contribution >= 0.6 is 0 Å². The van der Waals surface area contributed by atoms with Crippen LogP contribution in [0.2, 0.25) is 0 Å². The zero-order valence-electron chi connectivity index (χ0n) is 17.7. The summed E-state index contributed by atoms with van der Waals surface area (Å²) in [5.74, 6) is -0.0827. The number of hydrogen-bond donors (Lipinski definition) is 1. The van der Waals surface area contributed by atoms with Gasteiger partial charge in [0.1, 0.15) is 12.4 Å². The second kappa shape index (κ2) is 8.82. The predicted octanol–water partition coefficient (Wildman–Crippen LogP) is 4.59. The minimum Gasteiger partial charge on any atom is -0.489 e. The van der Waals surface area contributed by atoms with Gasteiger partial charge in [0.05, 0.1) is 13.1 Å². The number of aromatic amines is 1. The van der Waals surface area contributed by atoms with Crippen molar-refractivity contribution < 1.29 is 9.26 Å². The molecule has 0 amide bonds. The summed E-state index contributed by atoms with van der Waals surface area (Å²) in [6.45, 7) is 11.8. The van der Waals surface area contributed by atoms with Crippen LogP contribution in [0.15, 0.2) is 74.8 Å². The van der Waals surface area contributed by atoms with Crippen LogP contribution in [0.4, 0.5) is 5.69 Å². The van der Waals surface area contributed by atoms with Gasteiger partial charge in [0.2, 0.25) is 0 Å². The van der Waals surface area contributed by atoms with E-state index in [4.69, 9.17) is 15.8 Å². The molecule has 4 aromatic rings. The third-order valence-electron chi connectivity index (χ3n) is 5.15. The van der Waals surface area contributed by atoms with Crippen molar-refractivity contribution in [2.75, 3.05) is 0 Å². The van der Waals surface area contributed by atoms with Gasteiger partial charge in [0.15, 0.2) is 5.69 Å². The molecule has 0 radical (unpaired) electrons. The molecule has 1 aromatic heterocycles. The number of nitrogens with one attached hydrogen (secondary N) is 1. The third-order valence-corrected chi connectivity index (χ3v) is 5.15. The number of ether oxygens (including phenoxy) is 1. The van der Waals surface area contributed by atoms with E-state index < -0.39 is 11.4 Å². The average Bonchev–Trinajstić information content (AvgIpc) is 3.09. The van der Waals surface area contributed by atoms with Crippen LogP contribution in [0, 0.1) is 20.4 Å². The first-order valence-electron chi connectivity index (χ1n) is 10.0. The fourth-order valence-electron chi connectivity index (χ4n) is 3.72. The van der Waals surface area contributed by atoms with Gasteiger partial charge in [-0.25, -0.2) is 19.4 Å². The van der Waals surface area contributed by atoms with E-state index in [-0.39, 0.29) is 6.54 Å². The van der Waals surface area contributed by atoms with Crippen LogP contribution in [0.1, 0.15) is 22.3 Å². The SMILES string of the molecule is [C-]#[N+]c1cc(C)c(-c2cccc(COc3ccc(Cn4oc(=O)[nH]c4=O)cc3)c2)c(C)c1. The maximum absolute atomic E-state index is 11.6. The highest BCUT2D eigenvalue weighted by molar-refractivity contribution is 5.74. The molecular weight excluding hydrogens is 406 g/mol. The molecule has 0 atom stereocenters. The minimum atomic E-state index is -0.773. The Balaban J connectivity index is 1.46. The molecule has 0 aliphatic heterocycles. The number of rotatable bonds is 6. The number of benzene rings is 3. The summed E-state index contributed by atoms with van der Waals surface area (Å²) >= 11 is 0. The van der Waals surface area contributed by atoms with Crippen molar-refractivity contribution in [1.29, 1.82) is 0 Å². The van der Waals surface area contributed by atoms with Gasteiger partial charge in [-0.3, -0.25) is 0 Å². The topological polar surface area (TPSA) is 81.6 Å². The number of aromatic nitrogens is 2. The summed E-state index contributed by atoms with van der Waals surface area (Å²) in [5.41, 5.74) is 6.27. The Morgan fingerprint density at radius 2 is 1.72 bits per heavy atom. The van der Waals surface area contributed by atoms with Gasteiger partial charge in [-0.05, 0) is 54.3 Å². The fourth-order valence-corrected chi connectivity index (χ4v) is 3.72. The fraction of sp³-hybridized carbons (Fsp3) is 0.160. The predicted molar refractivity (Wildman–Crippen MR) is 121 cm³/mol. The molecule has 0 bridgehead atoms. The van der Waals surface area contributed by atoms with Gasteiger partial charge in [-0.15, -0.1) is 4.74 Å². The van der Waals surface area contributed by atoms with Gasteiger partial charge < -0.3 is 9.26 Å². The normalized spacial score (nSPS) is 10.7. The quantitative estimate of drug-likeness (QED) is 0.456. The molecule has 0 aliphatic rings. The summed E-state index contributed by atoms with van der Waals surface area (Å²) < 4.78 is 11.7. The van der Waals surface area contributed by atoms with E-state index in [0.29, 0.717) is 18.0 Å². The number of aryl methyl sites for hydroxylation is 2. The van der Waals surface area contributed by atoms with Crippen LogP contribution in [-0.2, 0) is 13.2 Å². The van der Waals surface area contributed by atoms with Gasteiger partial charge in [-0.2, -0.15) is 0 Å². The Hall–Kier alpha value is -4.31. The molecule has 0 aliphatic carbocycles. The standard InChI is InChI=1S/C25H21N3O4/c1-16-11-21(26-3)12-17(2)23(16)20-6-4-5-19(13-20)15-31-22-9-7-18(8-10-22)14-28-24(29)27-25(30)32-28/h4-13H,14-15H2,1-2H3,(H,27,29,30). The lowest BCUT2D eigenvalue weighted by Gasteiger charge is -2.13. The number of nitrogens with zero attached hydrogens (tertiary/aromatic N) is 2. The van der Waals surface area contributed by atoms with Crippen molar-refractivity contribution >= 4 is 5.69 Å². The largest absolute Gasteiger partial charge is 0.489 e. The zero-order valence-corrected chi connectivity index (χ0v) is 17.7. The Morgan fingerprint density at radius 3 is 2.34 bits per heavy atom. The van der Waals surface area contributed by atoms with E-state index in [1.165, 1.54) is 0 Å². The molecule has 1 N–H and O–H groups in total. The molecule has 1 heterocycles.